The van der Waals surface area contributed by atoms with Crippen molar-refractivity contribution in [2.24, 2.45) is 5.10 Å². The Hall–Kier alpha value is -1.00. The molecule has 0 spiro atoms. The molecule has 1 amide bonds. The Morgan fingerprint density at radius 3 is 2.47 bits per heavy atom. The smallest absolute Gasteiger partial charge is 0.253 e. The topological polar surface area (TPSA) is 41.5 Å². The Labute approximate surface area is 111 Å². The number of nitrogens with zero attached hydrogens (tertiary/aromatic N) is 1. The van der Waals surface area contributed by atoms with Crippen molar-refractivity contribution < 1.29 is 4.79 Å². The first-order valence-corrected chi connectivity index (χ1v) is 6.48. The van der Waals surface area contributed by atoms with Gasteiger partial charge in [0.2, 0.25) is 0 Å². The molecule has 0 aliphatic rings. The van der Waals surface area contributed by atoms with E-state index in [4.69, 9.17) is 11.6 Å². The standard InChI is InChI=1S/C12H15ClN2OS/c1-8(2)14-15-12(16)9(3)17-11-6-4-10(13)5-7-11/h4-7,9H,1-3H3,(H,15,16)/t9-/m0/s1. The Bertz CT molecular complexity index is 413. The van der Waals surface area contributed by atoms with Gasteiger partial charge in [0, 0.05) is 15.6 Å². The molecule has 0 saturated carbocycles. The number of benzene rings is 1. The van der Waals surface area contributed by atoms with Gasteiger partial charge < -0.3 is 0 Å². The van der Waals surface area contributed by atoms with Crippen LogP contribution in [0.15, 0.2) is 34.3 Å². The number of amides is 1. The second-order valence-electron chi connectivity index (χ2n) is 3.75. The van der Waals surface area contributed by atoms with E-state index in [0.29, 0.717) is 5.02 Å². The minimum atomic E-state index is -0.195. The first kappa shape index (κ1) is 14.1. The molecule has 1 rings (SSSR count). The summed E-state index contributed by atoms with van der Waals surface area (Å²) < 4.78 is 0. The van der Waals surface area contributed by atoms with Crippen LogP contribution < -0.4 is 5.43 Å². The SMILES string of the molecule is CC(C)=NNC(=O)[C@H](C)Sc1ccc(Cl)cc1. The number of hydrogen-bond donors (Lipinski definition) is 1. The molecule has 0 heterocycles. The van der Waals surface area contributed by atoms with Crippen LogP contribution in [-0.2, 0) is 4.79 Å². The summed E-state index contributed by atoms with van der Waals surface area (Å²) in [7, 11) is 0. The second-order valence-corrected chi connectivity index (χ2v) is 5.60. The van der Waals surface area contributed by atoms with Crippen LogP contribution in [0.5, 0.6) is 0 Å². The van der Waals surface area contributed by atoms with Gasteiger partial charge in [0.1, 0.15) is 0 Å². The highest BCUT2D eigenvalue weighted by atomic mass is 35.5. The van der Waals surface area contributed by atoms with Crippen molar-refractivity contribution in [1.82, 2.24) is 5.43 Å². The van der Waals surface area contributed by atoms with Gasteiger partial charge in [-0.05, 0) is 45.0 Å². The molecule has 0 saturated heterocycles. The fraction of sp³-hybridized carbons (Fsp3) is 0.333. The summed E-state index contributed by atoms with van der Waals surface area (Å²) in [6, 6.07) is 7.40. The Kier molecular flexibility index (Phi) is 5.51. The number of halogens is 1. The third kappa shape index (κ3) is 5.24. The fourth-order valence-electron chi connectivity index (χ4n) is 1.03. The van der Waals surface area contributed by atoms with Crippen LogP contribution in [0.2, 0.25) is 5.02 Å². The van der Waals surface area contributed by atoms with Crippen molar-refractivity contribution in [2.75, 3.05) is 0 Å². The van der Waals surface area contributed by atoms with E-state index in [1.807, 2.05) is 45.0 Å². The van der Waals surface area contributed by atoms with Gasteiger partial charge in [0.05, 0.1) is 5.25 Å². The number of nitrogens with one attached hydrogen (secondary N) is 1. The molecule has 0 radical (unpaired) electrons. The highest BCUT2D eigenvalue weighted by Crippen LogP contribution is 2.24. The van der Waals surface area contributed by atoms with Crippen LogP contribution in [-0.4, -0.2) is 16.9 Å². The van der Waals surface area contributed by atoms with E-state index in [1.165, 1.54) is 11.8 Å². The van der Waals surface area contributed by atoms with Crippen LogP contribution in [0, 0.1) is 0 Å². The first-order valence-electron chi connectivity index (χ1n) is 5.22. The molecule has 0 unspecified atom stereocenters. The predicted octanol–water partition coefficient (Wildman–Crippen LogP) is 3.33. The molecular weight excluding hydrogens is 256 g/mol. The van der Waals surface area contributed by atoms with Crippen molar-refractivity contribution in [1.29, 1.82) is 0 Å². The van der Waals surface area contributed by atoms with Crippen molar-refractivity contribution in [3.8, 4) is 0 Å². The molecule has 17 heavy (non-hydrogen) atoms. The summed E-state index contributed by atoms with van der Waals surface area (Å²) in [6.45, 7) is 5.50. The van der Waals surface area contributed by atoms with Crippen LogP contribution in [0.1, 0.15) is 20.8 Å². The zero-order chi connectivity index (χ0) is 12.8. The van der Waals surface area contributed by atoms with Gasteiger partial charge >= 0.3 is 0 Å². The van der Waals surface area contributed by atoms with Crippen LogP contribution in [0.25, 0.3) is 0 Å². The molecule has 1 atom stereocenters. The molecule has 0 fully saturated rings. The van der Waals surface area contributed by atoms with E-state index in [-0.39, 0.29) is 11.2 Å². The summed E-state index contributed by atoms with van der Waals surface area (Å²) in [5, 5.41) is 4.38. The number of hydrazone groups is 1. The van der Waals surface area contributed by atoms with Crippen LogP contribution >= 0.6 is 23.4 Å². The van der Waals surface area contributed by atoms with Gasteiger partial charge in [0.25, 0.3) is 5.91 Å². The predicted molar refractivity (Wildman–Crippen MR) is 73.7 cm³/mol. The lowest BCUT2D eigenvalue weighted by Gasteiger charge is -2.09. The maximum Gasteiger partial charge on any atom is 0.253 e. The summed E-state index contributed by atoms with van der Waals surface area (Å²) in [5.74, 6) is -0.105. The maximum absolute atomic E-state index is 11.7. The normalized spacial score (nSPS) is 11.8. The molecule has 1 aromatic rings. The van der Waals surface area contributed by atoms with E-state index in [0.717, 1.165) is 10.6 Å². The second kappa shape index (κ2) is 6.67. The number of rotatable bonds is 4. The summed E-state index contributed by atoms with van der Waals surface area (Å²) in [6.07, 6.45) is 0. The van der Waals surface area contributed by atoms with Crippen LogP contribution in [0.3, 0.4) is 0 Å². The van der Waals surface area contributed by atoms with E-state index >= 15 is 0 Å². The van der Waals surface area contributed by atoms with Crippen molar-refractivity contribution in [2.45, 2.75) is 30.9 Å². The largest absolute Gasteiger partial charge is 0.272 e. The summed E-state index contributed by atoms with van der Waals surface area (Å²) >= 11 is 7.26. The van der Waals surface area contributed by atoms with Gasteiger partial charge in [-0.1, -0.05) is 11.6 Å². The van der Waals surface area contributed by atoms with E-state index in [2.05, 4.69) is 10.5 Å². The Morgan fingerprint density at radius 1 is 1.35 bits per heavy atom. The number of carbonyl (C=O) groups is 1. The molecule has 3 nitrogen and oxygen atoms in total. The third-order valence-corrected chi connectivity index (χ3v) is 3.25. The van der Waals surface area contributed by atoms with Gasteiger partial charge in [-0.2, -0.15) is 5.10 Å². The van der Waals surface area contributed by atoms with Gasteiger partial charge in [-0.15, -0.1) is 11.8 Å². The van der Waals surface area contributed by atoms with Crippen molar-refractivity contribution in [3.63, 3.8) is 0 Å². The zero-order valence-electron chi connectivity index (χ0n) is 10.0. The lowest BCUT2D eigenvalue weighted by Crippen LogP contribution is -2.27. The molecular formula is C12H15ClN2OS. The molecule has 0 aliphatic heterocycles. The molecule has 0 aromatic heterocycles. The molecule has 1 aromatic carbocycles. The molecule has 5 heteroatoms. The lowest BCUT2D eigenvalue weighted by molar-refractivity contribution is -0.120. The Morgan fingerprint density at radius 2 is 1.94 bits per heavy atom. The maximum atomic E-state index is 11.7. The highest BCUT2D eigenvalue weighted by molar-refractivity contribution is 8.00. The van der Waals surface area contributed by atoms with Gasteiger partial charge in [0.15, 0.2) is 0 Å². The minimum Gasteiger partial charge on any atom is -0.272 e. The zero-order valence-corrected chi connectivity index (χ0v) is 11.6. The molecule has 0 bridgehead atoms. The monoisotopic (exact) mass is 270 g/mol. The Balaban J connectivity index is 2.54. The van der Waals surface area contributed by atoms with Gasteiger partial charge in [-0.3, -0.25) is 4.79 Å². The fourth-order valence-corrected chi connectivity index (χ4v) is 2.02. The highest BCUT2D eigenvalue weighted by Gasteiger charge is 2.13. The van der Waals surface area contributed by atoms with Crippen molar-refractivity contribution >= 4 is 35.0 Å². The molecule has 0 aliphatic carbocycles. The number of thioether (sulfide) groups is 1. The summed E-state index contributed by atoms with van der Waals surface area (Å²) in [5.41, 5.74) is 3.34. The number of hydrogen-bond acceptors (Lipinski definition) is 3. The van der Waals surface area contributed by atoms with E-state index < -0.39 is 0 Å². The van der Waals surface area contributed by atoms with Gasteiger partial charge in [-0.25, -0.2) is 5.43 Å². The molecule has 1 N–H and O–H groups in total. The minimum absolute atomic E-state index is 0.105. The first-order chi connectivity index (χ1) is 7.99. The average Bonchev–Trinajstić information content (AvgIpc) is 2.28. The van der Waals surface area contributed by atoms with E-state index in [1.54, 1.807) is 0 Å². The quantitative estimate of drug-likeness (QED) is 0.518. The lowest BCUT2D eigenvalue weighted by atomic mass is 10.4. The third-order valence-electron chi connectivity index (χ3n) is 1.89. The average molecular weight is 271 g/mol. The summed E-state index contributed by atoms with van der Waals surface area (Å²) in [4.78, 5) is 12.7. The van der Waals surface area contributed by atoms with E-state index in [9.17, 15) is 4.79 Å². The van der Waals surface area contributed by atoms with Crippen molar-refractivity contribution in [3.05, 3.63) is 29.3 Å². The van der Waals surface area contributed by atoms with Crippen LogP contribution in [0.4, 0.5) is 0 Å². The number of carbonyl (C=O) groups excluding carboxylic acids is 1. The molecule has 92 valence electrons.